The predicted octanol–water partition coefficient (Wildman–Crippen LogP) is 3.33. The van der Waals surface area contributed by atoms with Gasteiger partial charge < -0.3 is 4.74 Å². The van der Waals surface area contributed by atoms with Gasteiger partial charge in [-0.05, 0) is 44.0 Å². The molecule has 0 fully saturated rings. The van der Waals surface area contributed by atoms with E-state index in [-0.39, 0.29) is 0 Å². The zero-order valence-electron chi connectivity index (χ0n) is 9.87. The molecule has 0 spiro atoms. The molecule has 0 saturated heterocycles. The Morgan fingerprint density at radius 2 is 2.12 bits per heavy atom. The largest absolute Gasteiger partial charge is 0.483 e. The smallest absolute Gasteiger partial charge is 0.129 e. The van der Waals surface area contributed by atoms with Gasteiger partial charge in [-0.25, -0.2) is 0 Å². The fourth-order valence-corrected chi connectivity index (χ4v) is 1.93. The predicted molar refractivity (Wildman–Crippen MR) is 64.1 cm³/mol. The monoisotopic (exact) mass is 213 g/mol. The van der Waals surface area contributed by atoms with Crippen molar-refractivity contribution in [3.05, 3.63) is 35.4 Å². The Labute approximate surface area is 96.2 Å². The van der Waals surface area contributed by atoms with E-state index in [2.05, 4.69) is 19.1 Å². The summed E-state index contributed by atoms with van der Waals surface area (Å²) in [5, 5.41) is 9.16. The number of fused-ring (bicyclic) bond motifs is 1. The van der Waals surface area contributed by atoms with Gasteiger partial charge in [0.15, 0.2) is 0 Å². The first-order valence-electron chi connectivity index (χ1n) is 5.51. The van der Waals surface area contributed by atoms with E-state index in [0.717, 1.165) is 17.7 Å². The number of hydrogen-bond acceptors (Lipinski definition) is 2. The molecule has 0 aliphatic carbocycles. The van der Waals surface area contributed by atoms with Crippen LogP contribution in [0.25, 0.3) is 5.57 Å². The molecule has 0 saturated carbocycles. The van der Waals surface area contributed by atoms with Crippen molar-refractivity contribution in [3.63, 3.8) is 0 Å². The van der Waals surface area contributed by atoms with Gasteiger partial charge in [-0.1, -0.05) is 13.0 Å². The van der Waals surface area contributed by atoms with Crippen LogP contribution in [-0.4, -0.2) is 5.60 Å². The maximum atomic E-state index is 9.16. The molecule has 1 heterocycles. The van der Waals surface area contributed by atoms with E-state index < -0.39 is 5.60 Å². The molecule has 2 nitrogen and oxygen atoms in total. The second-order valence-corrected chi connectivity index (χ2v) is 4.56. The standard InChI is InChI=1S/C14H15NO/c1-4-10-5-6-13-12(7-10)11(9-15)8-14(2,3)16-13/h5-8H,4H2,1-3H3. The zero-order valence-corrected chi connectivity index (χ0v) is 9.87. The molecule has 0 unspecified atom stereocenters. The van der Waals surface area contributed by atoms with Gasteiger partial charge in [0.2, 0.25) is 0 Å². The van der Waals surface area contributed by atoms with Crippen LogP contribution in [0.4, 0.5) is 0 Å². The molecule has 16 heavy (non-hydrogen) atoms. The highest BCUT2D eigenvalue weighted by atomic mass is 16.5. The average molecular weight is 213 g/mol. The normalized spacial score (nSPS) is 16.8. The van der Waals surface area contributed by atoms with Crippen LogP contribution in [0.2, 0.25) is 0 Å². The number of aryl methyl sites for hydroxylation is 1. The minimum absolute atomic E-state index is 0.397. The van der Waals surface area contributed by atoms with Crippen LogP contribution in [0.1, 0.15) is 31.9 Å². The molecule has 1 aliphatic heterocycles. The fraction of sp³-hybridized carbons (Fsp3) is 0.357. The van der Waals surface area contributed by atoms with Crippen molar-refractivity contribution in [1.29, 1.82) is 5.26 Å². The van der Waals surface area contributed by atoms with Crippen LogP contribution in [0, 0.1) is 11.3 Å². The van der Waals surface area contributed by atoms with Crippen LogP contribution in [-0.2, 0) is 6.42 Å². The van der Waals surface area contributed by atoms with Crippen molar-refractivity contribution in [2.75, 3.05) is 0 Å². The first-order chi connectivity index (χ1) is 7.55. The van der Waals surface area contributed by atoms with Crippen LogP contribution < -0.4 is 4.74 Å². The van der Waals surface area contributed by atoms with E-state index in [1.807, 2.05) is 32.1 Å². The van der Waals surface area contributed by atoms with Crippen molar-refractivity contribution < 1.29 is 4.74 Å². The number of hydrogen-bond donors (Lipinski definition) is 0. The van der Waals surface area contributed by atoms with E-state index in [0.29, 0.717) is 5.57 Å². The van der Waals surface area contributed by atoms with Gasteiger partial charge in [-0.2, -0.15) is 5.26 Å². The van der Waals surface area contributed by atoms with E-state index in [1.165, 1.54) is 5.56 Å². The highest BCUT2D eigenvalue weighted by Gasteiger charge is 2.26. The van der Waals surface area contributed by atoms with Gasteiger partial charge in [-0.15, -0.1) is 0 Å². The third kappa shape index (κ3) is 1.81. The topological polar surface area (TPSA) is 33.0 Å². The van der Waals surface area contributed by atoms with Crippen LogP contribution >= 0.6 is 0 Å². The molecule has 2 rings (SSSR count). The molecule has 0 radical (unpaired) electrons. The number of benzene rings is 1. The molecule has 1 aromatic carbocycles. The maximum absolute atomic E-state index is 9.16. The van der Waals surface area contributed by atoms with Crippen LogP contribution in [0.15, 0.2) is 24.3 Å². The average Bonchev–Trinajstić information content (AvgIpc) is 2.26. The Balaban J connectivity index is 2.57. The van der Waals surface area contributed by atoms with Crippen molar-refractivity contribution in [2.24, 2.45) is 0 Å². The number of rotatable bonds is 1. The van der Waals surface area contributed by atoms with Crippen LogP contribution in [0.5, 0.6) is 5.75 Å². The quantitative estimate of drug-likeness (QED) is 0.716. The highest BCUT2D eigenvalue weighted by molar-refractivity contribution is 5.82. The maximum Gasteiger partial charge on any atom is 0.129 e. The minimum Gasteiger partial charge on any atom is -0.483 e. The second-order valence-electron chi connectivity index (χ2n) is 4.56. The summed E-state index contributed by atoms with van der Waals surface area (Å²) in [5.74, 6) is 0.807. The van der Waals surface area contributed by atoms with E-state index in [4.69, 9.17) is 10.00 Å². The molecule has 2 heteroatoms. The minimum atomic E-state index is -0.397. The van der Waals surface area contributed by atoms with Crippen molar-refractivity contribution in [3.8, 4) is 11.8 Å². The first kappa shape index (κ1) is 10.8. The Kier molecular flexibility index (Phi) is 2.47. The Bertz CT molecular complexity index is 492. The van der Waals surface area contributed by atoms with Gasteiger partial charge in [-0.3, -0.25) is 0 Å². The van der Waals surface area contributed by atoms with Crippen molar-refractivity contribution >= 4 is 5.57 Å². The van der Waals surface area contributed by atoms with Gasteiger partial charge in [0, 0.05) is 5.56 Å². The molecule has 82 valence electrons. The molecule has 0 bridgehead atoms. The Morgan fingerprint density at radius 1 is 1.38 bits per heavy atom. The number of nitriles is 1. The SMILES string of the molecule is CCc1ccc2c(c1)C(C#N)=CC(C)(C)O2. The van der Waals surface area contributed by atoms with E-state index in [1.54, 1.807) is 0 Å². The molecule has 0 aromatic heterocycles. The van der Waals surface area contributed by atoms with Gasteiger partial charge in [0.25, 0.3) is 0 Å². The Morgan fingerprint density at radius 3 is 2.75 bits per heavy atom. The molecular weight excluding hydrogens is 198 g/mol. The summed E-state index contributed by atoms with van der Waals surface area (Å²) >= 11 is 0. The highest BCUT2D eigenvalue weighted by Crippen LogP contribution is 2.36. The lowest BCUT2D eigenvalue weighted by Crippen LogP contribution is -2.28. The summed E-state index contributed by atoms with van der Waals surface area (Å²) in [4.78, 5) is 0. The lowest BCUT2D eigenvalue weighted by Gasteiger charge is -2.29. The molecular formula is C14H15NO. The summed E-state index contributed by atoms with van der Waals surface area (Å²) in [6.07, 6.45) is 2.85. The third-order valence-corrected chi connectivity index (χ3v) is 2.73. The van der Waals surface area contributed by atoms with E-state index >= 15 is 0 Å². The first-order valence-corrected chi connectivity index (χ1v) is 5.51. The molecule has 1 aliphatic rings. The third-order valence-electron chi connectivity index (χ3n) is 2.73. The summed E-state index contributed by atoms with van der Waals surface area (Å²) in [6, 6.07) is 8.30. The van der Waals surface area contributed by atoms with E-state index in [9.17, 15) is 0 Å². The number of ether oxygens (including phenoxy) is 1. The zero-order chi connectivity index (χ0) is 11.8. The number of nitrogens with zero attached hydrogens (tertiary/aromatic N) is 1. The summed E-state index contributed by atoms with van der Waals surface area (Å²) in [6.45, 7) is 6.02. The van der Waals surface area contributed by atoms with Crippen molar-refractivity contribution in [1.82, 2.24) is 0 Å². The second kappa shape index (κ2) is 3.68. The van der Waals surface area contributed by atoms with Gasteiger partial charge >= 0.3 is 0 Å². The lowest BCUT2D eigenvalue weighted by atomic mass is 9.94. The molecule has 0 atom stereocenters. The summed E-state index contributed by atoms with van der Waals surface area (Å²) in [5.41, 5.74) is 2.46. The Hall–Kier alpha value is -1.75. The van der Waals surface area contributed by atoms with Gasteiger partial charge in [0.05, 0.1) is 11.6 Å². The summed E-state index contributed by atoms with van der Waals surface area (Å²) in [7, 11) is 0. The van der Waals surface area contributed by atoms with Crippen molar-refractivity contribution in [2.45, 2.75) is 32.8 Å². The molecule has 0 N–H and O–H groups in total. The van der Waals surface area contributed by atoms with Crippen LogP contribution in [0.3, 0.4) is 0 Å². The lowest BCUT2D eigenvalue weighted by molar-refractivity contribution is 0.158. The fourth-order valence-electron chi connectivity index (χ4n) is 1.93. The number of allylic oxidation sites excluding steroid dienone is 1. The van der Waals surface area contributed by atoms with Gasteiger partial charge in [0.1, 0.15) is 11.4 Å². The summed E-state index contributed by atoms with van der Waals surface area (Å²) < 4.78 is 5.82. The molecule has 0 amide bonds. The molecule has 1 aromatic rings.